The summed E-state index contributed by atoms with van der Waals surface area (Å²) in [7, 11) is 4.01. The number of amides is 1. The van der Waals surface area contributed by atoms with Crippen molar-refractivity contribution in [3.63, 3.8) is 0 Å². The number of hydrogen-bond acceptors (Lipinski definition) is 7. The Bertz CT molecular complexity index is 644. The van der Waals surface area contributed by atoms with Crippen molar-refractivity contribution in [1.29, 1.82) is 0 Å². The van der Waals surface area contributed by atoms with Crippen LogP contribution >= 0.6 is 11.3 Å². The summed E-state index contributed by atoms with van der Waals surface area (Å²) >= 11 is 1.29. The zero-order valence-electron chi connectivity index (χ0n) is 13.6. The van der Waals surface area contributed by atoms with E-state index in [2.05, 4.69) is 25.2 Å². The van der Waals surface area contributed by atoms with Crippen molar-refractivity contribution in [2.24, 2.45) is 0 Å². The van der Waals surface area contributed by atoms with Crippen molar-refractivity contribution in [2.75, 3.05) is 33.8 Å². The Balaban J connectivity index is 1.97. The number of nitrogens with one attached hydrogen (secondary N) is 1. The molecule has 7 nitrogen and oxygen atoms in total. The number of nitrogens with zero attached hydrogens (tertiary/aromatic N) is 4. The van der Waals surface area contributed by atoms with Crippen molar-refractivity contribution in [3.05, 3.63) is 23.6 Å². The first kappa shape index (κ1) is 17.3. The molecule has 2 rings (SSSR count). The average molecular weight is 335 g/mol. The summed E-state index contributed by atoms with van der Waals surface area (Å²) in [4.78, 5) is 27.6. The SMILES string of the molecule is CCOc1cncc(-c2cnc(C(=O)NCCCN(C)C)s2)n1. The third-order valence-corrected chi connectivity index (χ3v) is 3.94. The summed E-state index contributed by atoms with van der Waals surface area (Å²) in [6, 6.07) is 0. The Kier molecular flexibility index (Phi) is 6.42. The van der Waals surface area contributed by atoms with Gasteiger partial charge in [-0.2, -0.15) is 0 Å². The highest BCUT2D eigenvalue weighted by Gasteiger charge is 2.13. The lowest BCUT2D eigenvalue weighted by Gasteiger charge is -2.08. The maximum Gasteiger partial charge on any atom is 0.280 e. The van der Waals surface area contributed by atoms with Crippen LogP contribution in [0.4, 0.5) is 0 Å². The summed E-state index contributed by atoms with van der Waals surface area (Å²) in [5, 5.41) is 3.30. The first-order chi connectivity index (χ1) is 11.1. The van der Waals surface area contributed by atoms with Crippen LogP contribution in [0.3, 0.4) is 0 Å². The van der Waals surface area contributed by atoms with Gasteiger partial charge < -0.3 is 15.0 Å². The van der Waals surface area contributed by atoms with Gasteiger partial charge >= 0.3 is 0 Å². The minimum Gasteiger partial charge on any atom is -0.477 e. The topological polar surface area (TPSA) is 80.2 Å². The van der Waals surface area contributed by atoms with E-state index < -0.39 is 0 Å². The molecule has 0 atom stereocenters. The van der Waals surface area contributed by atoms with Crippen molar-refractivity contribution in [3.8, 4) is 16.5 Å². The monoisotopic (exact) mass is 335 g/mol. The molecule has 0 aliphatic carbocycles. The largest absolute Gasteiger partial charge is 0.477 e. The van der Waals surface area contributed by atoms with Gasteiger partial charge in [0.2, 0.25) is 5.88 Å². The number of carbonyl (C=O) groups excluding carboxylic acids is 1. The van der Waals surface area contributed by atoms with Crippen molar-refractivity contribution in [1.82, 2.24) is 25.2 Å². The van der Waals surface area contributed by atoms with Gasteiger partial charge in [0.15, 0.2) is 5.01 Å². The Morgan fingerprint density at radius 2 is 2.17 bits per heavy atom. The average Bonchev–Trinajstić information content (AvgIpc) is 3.02. The zero-order chi connectivity index (χ0) is 16.7. The Morgan fingerprint density at radius 3 is 2.91 bits per heavy atom. The van der Waals surface area contributed by atoms with Gasteiger partial charge in [-0.25, -0.2) is 9.97 Å². The molecule has 1 N–H and O–H groups in total. The molecule has 0 unspecified atom stereocenters. The molecule has 0 aliphatic heterocycles. The van der Waals surface area contributed by atoms with Crippen LogP contribution in [0.15, 0.2) is 18.6 Å². The van der Waals surface area contributed by atoms with Crippen LogP contribution in [0.2, 0.25) is 0 Å². The summed E-state index contributed by atoms with van der Waals surface area (Å²) in [6.07, 6.45) is 5.74. The van der Waals surface area contributed by atoms with Crippen molar-refractivity contribution in [2.45, 2.75) is 13.3 Å². The van der Waals surface area contributed by atoms with Gasteiger partial charge in [-0.1, -0.05) is 0 Å². The van der Waals surface area contributed by atoms with Crippen LogP contribution in [-0.4, -0.2) is 59.6 Å². The first-order valence-electron chi connectivity index (χ1n) is 7.44. The lowest BCUT2D eigenvalue weighted by Crippen LogP contribution is -2.26. The second kappa shape index (κ2) is 8.54. The Morgan fingerprint density at radius 1 is 1.35 bits per heavy atom. The first-order valence-corrected chi connectivity index (χ1v) is 8.25. The highest BCUT2D eigenvalue weighted by atomic mass is 32.1. The molecule has 2 heterocycles. The van der Waals surface area contributed by atoms with Gasteiger partial charge in [-0.3, -0.25) is 9.78 Å². The maximum absolute atomic E-state index is 12.1. The Labute approximate surface area is 139 Å². The molecule has 0 bridgehead atoms. The molecule has 2 aromatic rings. The molecule has 2 aromatic heterocycles. The van der Waals surface area contributed by atoms with E-state index in [-0.39, 0.29) is 5.91 Å². The molecule has 0 saturated heterocycles. The van der Waals surface area contributed by atoms with E-state index in [0.29, 0.717) is 29.7 Å². The highest BCUT2D eigenvalue weighted by Crippen LogP contribution is 2.25. The molecule has 0 spiro atoms. The minimum atomic E-state index is -0.158. The van der Waals surface area contributed by atoms with Gasteiger partial charge in [0, 0.05) is 12.7 Å². The van der Waals surface area contributed by atoms with Crippen molar-refractivity contribution >= 4 is 17.2 Å². The van der Waals surface area contributed by atoms with Crippen LogP contribution < -0.4 is 10.1 Å². The number of rotatable bonds is 8. The van der Waals surface area contributed by atoms with E-state index in [1.54, 1.807) is 18.6 Å². The standard InChI is InChI=1S/C15H21N5O2S/c1-4-22-13-10-16-8-11(19-13)12-9-18-15(23-12)14(21)17-6-5-7-20(2)3/h8-10H,4-7H2,1-3H3,(H,17,21). The van der Waals surface area contributed by atoms with Crippen LogP contribution in [0.25, 0.3) is 10.6 Å². The maximum atomic E-state index is 12.1. The van der Waals surface area contributed by atoms with Gasteiger partial charge in [-0.15, -0.1) is 11.3 Å². The van der Waals surface area contributed by atoms with E-state index in [1.165, 1.54) is 11.3 Å². The molecule has 0 radical (unpaired) electrons. The van der Waals surface area contributed by atoms with E-state index in [1.807, 2.05) is 21.0 Å². The van der Waals surface area contributed by atoms with E-state index in [9.17, 15) is 4.79 Å². The third kappa shape index (κ3) is 5.26. The molecule has 0 aromatic carbocycles. The molecule has 0 fully saturated rings. The van der Waals surface area contributed by atoms with Crippen LogP contribution in [0.5, 0.6) is 5.88 Å². The second-order valence-corrected chi connectivity index (χ2v) is 6.15. The summed E-state index contributed by atoms with van der Waals surface area (Å²) in [6.45, 7) is 3.98. The highest BCUT2D eigenvalue weighted by molar-refractivity contribution is 7.16. The van der Waals surface area contributed by atoms with Gasteiger partial charge in [0.05, 0.1) is 23.9 Å². The summed E-state index contributed by atoms with van der Waals surface area (Å²) in [5.41, 5.74) is 0.653. The number of hydrogen-bond donors (Lipinski definition) is 1. The molecule has 0 aliphatic rings. The summed E-state index contributed by atoms with van der Waals surface area (Å²) in [5.74, 6) is 0.307. The predicted molar refractivity (Wildman–Crippen MR) is 89.8 cm³/mol. The molecule has 0 saturated carbocycles. The minimum absolute atomic E-state index is 0.158. The van der Waals surface area contributed by atoms with Gasteiger partial charge in [0.25, 0.3) is 5.91 Å². The van der Waals surface area contributed by atoms with Crippen molar-refractivity contribution < 1.29 is 9.53 Å². The van der Waals surface area contributed by atoms with E-state index >= 15 is 0 Å². The number of thiazole rings is 1. The zero-order valence-corrected chi connectivity index (χ0v) is 14.4. The quantitative estimate of drug-likeness (QED) is 0.739. The van der Waals surface area contributed by atoms with Crippen LogP contribution in [0.1, 0.15) is 23.1 Å². The number of ether oxygens (including phenoxy) is 1. The third-order valence-electron chi connectivity index (χ3n) is 2.92. The van der Waals surface area contributed by atoms with Gasteiger partial charge in [0.1, 0.15) is 5.69 Å². The number of carbonyl (C=O) groups is 1. The molecular weight excluding hydrogens is 314 g/mol. The lowest BCUT2D eigenvalue weighted by atomic mass is 10.4. The molecule has 23 heavy (non-hydrogen) atoms. The fourth-order valence-corrected chi connectivity index (χ4v) is 2.64. The fourth-order valence-electron chi connectivity index (χ4n) is 1.85. The molecule has 1 amide bonds. The van der Waals surface area contributed by atoms with Crippen LogP contribution in [0, 0.1) is 0 Å². The van der Waals surface area contributed by atoms with E-state index in [0.717, 1.165) is 17.8 Å². The normalized spacial score (nSPS) is 10.8. The molecular formula is C15H21N5O2S. The van der Waals surface area contributed by atoms with E-state index in [4.69, 9.17) is 4.74 Å². The Hall–Kier alpha value is -2.06. The summed E-state index contributed by atoms with van der Waals surface area (Å²) < 4.78 is 5.33. The number of aromatic nitrogens is 3. The smallest absolute Gasteiger partial charge is 0.280 e. The van der Waals surface area contributed by atoms with Crippen LogP contribution in [-0.2, 0) is 0 Å². The van der Waals surface area contributed by atoms with Gasteiger partial charge in [-0.05, 0) is 34.0 Å². The second-order valence-electron chi connectivity index (χ2n) is 5.12. The molecule has 124 valence electrons. The fraction of sp³-hybridized carbons (Fsp3) is 0.467. The lowest BCUT2D eigenvalue weighted by molar-refractivity contribution is 0.0952. The predicted octanol–water partition coefficient (Wildman–Crippen LogP) is 1.68. The molecule has 8 heteroatoms.